The predicted molar refractivity (Wildman–Crippen MR) is 96.1 cm³/mol. The van der Waals surface area contributed by atoms with Crippen molar-refractivity contribution >= 4 is 55.2 Å². The summed E-state index contributed by atoms with van der Waals surface area (Å²) >= 11 is 0. The highest BCUT2D eigenvalue weighted by Crippen LogP contribution is 2.32. The number of imide groups is 1. The summed E-state index contributed by atoms with van der Waals surface area (Å²) in [6, 6.07) is 6.73. The van der Waals surface area contributed by atoms with Gasteiger partial charge in [0, 0.05) is 21.2 Å². The Labute approximate surface area is 161 Å². The van der Waals surface area contributed by atoms with Crippen molar-refractivity contribution in [1.29, 1.82) is 0 Å². The summed E-state index contributed by atoms with van der Waals surface area (Å²) in [5.74, 6) is -2.91. The number of amides is 2. The van der Waals surface area contributed by atoms with Crippen LogP contribution >= 0.6 is 21.6 Å². The fourth-order valence-corrected chi connectivity index (χ4v) is 4.58. The lowest BCUT2D eigenvalue weighted by Gasteiger charge is -2.13. The second kappa shape index (κ2) is 9.10. The van der Waals surface area contributed by atoms with E-state index in [9.17, 15) is 22.8 Å². The van der Waals surface area contributed by atoms with Crippen LogP contribution in [0.15, 0.2) is 34.3 Å². The van der Waals surface area contributed by atoms with Crippen LogP contribution in [-0.4, -0.2) is 46.8 Å². The lowest BCUT2D eigenvalue weighted by molar-refractivity contribution is -0.197. The van der Waals surface area contributed by atoms with Crippen LogP contribution in [0.25, 0.3) is 10.4 Å². The first-order valence-corrected chi connectivity index (χ1v) is 11.0. The molecule has 1 aromatic rings. The SMILES string of the molecule is [N-]=[N+]=Nc1ccc(SSCCC(=O)ON2C(=O)C[C@H](S(=O)(=O)O)C2=O)cc1. The molecule has 0 unspecified atom stereocenters. The summed E-state index contributed by atoms with van der Waals surface area (Å²) in [6.07, 6.45) is -0.913. The second-order valence-electron chi connectivity index (χ2n) is 5.04. The van der Waals surface area contributed by atoms with Crippen molar-refractivity contribution < 1.29 is 32.2 Å². The Morgan fingerprint density at radius 3 is 2.59 bits per heavy atom. The Morgan fingerprint density at radius 1 is 1.37 bits per heavy atom. The molecule has 2 rings (SSSR count). The van der Waals surface area contributed by atoms with E-state index in [4.69, 9.17) is 10.1 Å². The van der Waals surface area contributed by atoms with E-state index in [1.54, 1.807) is 24.3 Å². The molecule has 2 amide bonds. The minimum atomic E-state index is -4.75. The maximum atomic E-state index is 11.7. The minimum Gasteiger partial charge on any atom is -0.330 e. The van der Waals surface area contributed by atoms with Crippen molar-refractivity contribution in [3.63, 3.8) is 0 Å². The van der Waals surface area contributed by atoms with Crippen molar-refractivity contribution in [2.45, 2.75) is 23.0 Å². The summed E-state index contributed by atoms with van der Waals surface area (Å²) < 4.78 is 30.9. The second-order valence-corrected chi connectivity index (χ2v) is 9.12. The van der Waals surface area contributed by atoms with Crippen molar-refractivity contribution in [3.05, 3.63) is 34.7 Å². The molecule has 0 radical (unpaired) electrons. The molecule has 1 aromatic carbocycles. The van der Waals surface area contributed by atoms with Gasteiger partial charge in [-0.05, 0) is 17.7 Å². The van der Waals surface area contributed by atoms with Gasteiger partial charge in [-0.15, -0.1) is 5.06 Å². The molecule has 14 heteroatoms. The van der Waals surface area contributed by atoms with Gasteiger partial charge >= 0.3 is 5.97 Å². The maximum Gasteiger partial charge on any atom is 0.334 e. The molecule has 1 aliphatic rings. The molecule has 0 bridgehead atoms. The zero-order chi connectivity index (χ0) is 20.0. The van der Waals surface area contributed by atoms with Gasteiger partial charge in [-0.25, -0.2) is 4.79 Å². The van der Waals surface area contributed by atoms with Gasteiger partial charge in [0.05, 0.1) is 12.8 Å². The summed E-state index contributed by atoms with van der Waals surface area (Å²) in [4.78, 5) is 43.2. The lowest BCUT2D eigenvalue weighted by atomic mass is 10.3. The van der Waals surface area contributed by atoms with Crippen LogP contribution in [0.3, 0.4) is 0 Å². The standard InChI is InChI=1S/C13H12N4O7S3/c14-16-15-8-1-3-9(4-2-8)26-25-6-5-12(19)24-17-11(18)7-10(13(17)20)27(21,22)23/h1-4,10H,5-7H2,(H,21,22,23)/t10-/m0/s1. The summed E-state index contributed by atoms with van der Waals surface area (Å²) in [5.41, 5.74) is 8.79. The molecule has 144 valence electrons. The Balaban J connectivity index is 1.77. The number of hydrogen-bond acceptors (Lipinski definition) is 9. The highest BCUT2D eigenvalue weighted by molar-refractivity contribution is 8.76. The largest absolute Gasteiger partial charge is 0.334 e. The highest BCUT2D eigenvalue weighted by Gasteiger charge is 2.48. The van der Waals surface area contributed by atoms with Gasteiger partial charge in [0.1, 0.15) is 0 Å². The van der Waals surface area contributed by atoms with E-state index in [2.05, 4.69) is 14.9 Å². The molecule has 1 aliphatic heterocycles. The molecular weight excluding hydrogens is 420 g/mol. The predicted octanol–water partition coefficient (Wildman–Crippen LogP) is 2.23. The van der Waals surface area contributed by atoms with E-state index in [-0.39, 0.29) is 11.5 Å². The van der Waals surface area contributed by atoms with Gasteiger partial charge in [0.15, 0.2) is 5.25 Å². The average molecular weight is 432 g/mol. The van der Waals surface area contributed by atoms with Gasteiger partial charge < -0.3 is 4.84 Å². The third-order valence-corrected chi connectivity index (χ3v) is 6.63. The zero-order valence-corrected chi connectivity index (χ0v) is 15.9. The van der Waals surface area contributed by atoms with E-state index in [1.807, 2.05) is 0 Å². The molecule has 1 N–H and O–H groups in total. The molecule has 0 aliphatic carbocycles. The van der Waals surface area contributed by atoms with Crippen LogP contribution in [0.1, 0.15) is 12.8 Å². The molecule has 0 saturated carbocycles. The lowest BCUT2D eigenvalue weighted by Crippen LogP contribution is -2.36. The van der Waals surface area contributed by atoms with Gasteiger partial charge in [-0.2, -0.15) is 8.42 Å². The molecule has 0 spiro atoms. The Morgan fingerprint density at radius 2 is 2.04 bits per heavy atom. The number of carbonyl (C=O) groups excluding carboxylic acids is 3. The van der Waals surface area contributed by atoms with Crippen LogP contribution < -0.4 is 0 Å². The summed E-state index contributed by atoms with van der Waals surface area (Å²) in [6.45, 7) is 0. The smallest absolute Gasteiger partial charge is 0.330 e. The Bertz CT molecular complexity index is 897. The third-order valence-electron chi connectivity index (χ3n) is 3.16. The van der Waals surface area contributed by atoms with Gasteiger partial charge in [-0.1, -0.05) is 38.8 Å². The van der Waals surface area contributed by atoms with Gasteiger partial charge in [0.2, 0.25) is 0 Å². The van der Waals surface area contributed by atoms with E-state index >= 15 is 0 Å². The Hall–Kier alpha value is -2.25. The van der Waals surface area contributed by atoms with E-state index in [1.165, 1.54) is 21.6 Å². The number of hydrogen-bond donors (Lipinski definition) is 1. The number of nitrogens with zero attached hydrogens (tertiary/aromatic N) is 4. The van der Waals surface area contributed by atoms with Crippen LogP contribution in [0.2, 0.25) is 0 Å². The van der Waals surface area contributed by atoms with Crippen LogP contribution in [0.5, 0.6) is 0 Å². The van der Waals surface area contributed by atoms with Crippen LogP contribution in [0, 0.1) is 0 Å². The van der Waals surface area contributed by atoms with Crippen molar-refractivity contribution in [2.75, 3.05) is 5.75 Å². The first kappa shape index (κ1) is 21.1. The molecule has 27 heavy (non-hydrogen) atoms. The van der Waals surface area contributed by atoms with Crippen molar-refractivity contribution in [1.82, 2.24) is 5.06 Å². The molecule has 11 nitrogen and oxygen atoms in total. The fourth-order valence-electron chi connectivity index (χ4n) is 1.91. The number of azide groups is 1. The molecule has 0 aromatic heterocycles. The fraction of sp³-hybridized carbons (Fsp3) is 0.308. The molecule has 1 heterocycles. The third kappa shape index (κ3) is 5.87. The van der Waals surface area contributed by atoms with Gasteiger partial charge in [-0.3, -0.25) is 14.1 Å². The molecule has 1 saturated heterocycles. The average Bonchev–Trinajstić information content (AvgIpc) is 2.89. The molecule has 1 fully saturated rings. The first-order valence-electron chi connectivity index (χ1n) is 7.21. The van der Waals surface area contributed by atoms with E-state index in [0.29, 0.717) is 11.4 Å². The van der Waals surface area contributed by atoms with E-state index in [0.717, 1.165) is 4.90 Å². The normalized spacial score (nSPS) is 16.9. The maximum absolute atomic E-state index is 11.7. The topological polar surface area (TPSA) is 167 Å². The van der Waals surface area contributed by atoms with Crippen LogP contribution in [0.4, 0.5) is 5.69 Å². The number of carbonyl (C=O) groups is 3. The van der Waals surface area contributed by atoms with Crippen molar-refractivity contribution in [3.8, 4) is 0 Å². The highest BCUT2D eigenvalue weighted by atomic mass is 33.1. The Kier molecular flexibility index (Phi) is 7.10. The number of hydroxylamine groups is 2. The quantitative estimate of drug-likeness (QED) is 0.123. The summed E-state index contributed by atoms with van der Waals surface area (Å²) in [7, 11) is -2.09. The first-order chi connectivity index (χ1) is 12.7. The number of rotatable bonds is 8. The molecular formula is C13H12N4O7S3. The van der Waals surface area contributed by atoms with E-state index < -0.39 is 39.6 Å². The number of benzene rings is 1. The summed E-state index contributed by atoms with van der Waals surface area (Å²) in [5, 5.41) is 1.57. The van der Waals surface area contributed by atoms with Gasteiger partial charge in [0.25, 0.3) is 21.9 Å². The minimum absolute atomic E-state index is 0.0764. The van der Waals surface area contributed by atoms with Crippen LogP contribution in [-0.2, 0) is 29.3 Å². The van der Waals surface area contributed by atoms with Crippen molar-refractivity contribution in [2.24, 2.45) is 5.11 Å². The molecule has 1 atom stereocenters. The monoisotopic (exact) mass is 432 g/mol. The zero-order valence-electron chi connectivity index (χ0n) is 13.4.